The van der Waals surface area contributed by atoms with Crippen LogP contribution in [0.1, 0.15) is 33.1 Å². The van der Waals surface area contributed by atoms with Gasteiger partial charge in [0.2, 0.25) is 0 Å². The lowest BCUT2D eigenvalue weighted by Crippen LogP contribution is -2.40. The number of hydrogen-bond donors (Lipinski definition) is 2. The van der Waals surface area contributed by atoms with E-state index in [1.807, 2.05) is 0 Å². The number of ether oxygens (including phenoxy) is 1. The van der Waals surface area contributed by atoms with Gasteiger partial charge in [0.1, 0.15) is 0 Å². The lowest BCUT2D eigenvalue weighted by molar-refractivity contribution is 0.0557. The molecule has 1 fully saturated rings. The fraction of sp³-hybridized carbons (Fsp3) is 0.929. The maximum atomic E-state index is 11.6. The molecule has 2 N–H and O–H groups in total. The van der Waals surface area contributed by atoms with E-state index in [-0.39, 0.29) is 6.03 Å². The first-order valence-electron chi connectivity index (χ1n) is 7.58. The molecule has 0 aromatic carbocycles. The van der Waals surface area contributed by atoms with Crippen molar-refractivity contribution >= 4 is 6.03 Å². The van der Waals surface area contributed by atoms with Crippen LogP contribution in [0.2, 0.25) is 0 Å². The third-order valence-electron chi connectivity index (χ3n) is 3.64. The van der Waals surface area contributed by atoms with Gasteiger partial charge in [0.25, 0.3) is 0 Å². The first-order chi connectivity index (χ1) is 9.26. The molecule has 5 nitrogen and oxygen atoms in total. The summed E-state index contributed by atoms with van der Waals surface area (Å²) in [6.45, 7) is 10.6. The minimum Gasteiger partial charge on any atom is -0.381 e. The van der Waals surface area contributed by atoms with Crippen LogP contribution < -0.4 is 10.6 Å². The number of hydrogen-bond acceptors (Lipinski definition) is 3. The second-order valence-corrected chi connectivity index (χ2v) is 5.10. The zero-order chi connectivity index (χ0) is 13.9. The number of amides is 2. The summed E-state index contributed by atoms with van der Waals surface area (Å²) in [4.78, 5) is 14.0. The molecule has 1 aliphatic heterocycles. The molecule has 0 aliphatic carbocycles. The second-order valence-electron chi connectivity index (χ2n) is 5.10. The maximum absolute atomic E-state index is 11.6. The summed E-state index contributed by atoms with van der Waals surface area (Å²) < 4.78 is 5.39. The topological polar surface area (TPSA) is 53.6 Å². The molecule has 1 unspecified atom stereocenters. The molecule has 1 saturated heterocycles. The normalized spacial score (nSPS) is 19.4. The molecule has 1 rings (SSSR count). The number of nitrogens with one attached hydrogen (secondary N) is 2. The van der Waals surface area contributed by atoms with Crippen LogP contribution in [0, 0.1) is 5.92 Å². The molecule has 0 radical (unpaired) electrons. The Balaban J connectivity index is 1.98. The largest absolute Gasteiger partial charge is 0.381 e. The highest BCUT2D eigenvalue weighted by Gasteiger charge is 2.14. The Kier molecular flexibility index (Phi) is 8.58. The number of rotatable bonds is 8. The van der Waals surface area contributed by atoms with Gasteiger partial charge in [-0.05, 0) is 44.8 Å². The molecule has 112 valence electrons. The Morgan fingerprint density at radius 2 is 2.11 bits per heavy atom. The number of nitrogens with zero attached hydrogens (tertiary/aromatic N) is 1. The molecule has 0 bridgehead atoms. The SMILES string of the molecule is CCN(CC)CCCNC(=O)NCC1CCCOC1. The van der Waals surface area contributed by atoms with Crippen LogP contribution in [0.4, 0.5) is 4.79 Å². The number of carbonyl (C=O) groups excluding carboxylic acids is 1. The van der Waals surface area contributed by atoms with Crippen molar-refractivity contribution in [1.29, 1.82) is 0 Å². The summed E-state index contributed by atoms with van der Waals surface area (Å²) in [7, 11) is 0. The molecule has 0 aromatic rings. The van der Waals surface area contributed by atoms with E-state index < -0.39 is 0 Å². The van der Waals surface area contributed by atoms with Crippen LogP contribution >= 0.6 is 0 Å². The second kappa shape index (κ2) is 10.0. The van der Waals surface area contributed by atoms with E-state index in [0.29, 0.717) is 5.92 Å². The van der Waals surface area contributed by atoms with Crippen molar-refractivity contribution in [1.82, 2.24) is 15.5 Å². The van der Waals surface area contributed by atoms with Gasteiger partial charge in [-0.15, -0.1) is 0 Å². The fourth-order valence-corrected chi connectivity index (χ4v) is 2.31. The van der Waals surface area contributed by atoms with Crippen molar-refractivity contribution < 1.29 is 9.53 Å². The van der Waals surface area contributed by atoms with Crippen molar-refractivity contribution in [3.63, 3.8) is 0 Å². The van der Waals surface area contributed by atoms with E-state index in [4.69, 9.17) is 4.74 Å². The van der Waals surface area contributed by atoms with Gasteiger partial charge in [0, 0.05) is 19.7 Å². The predicted molar refractivity (Wildman–Crippen MR) is 77.3 cm³/mol. The van der Waals surface area contributed by atoms with E-state index in [0.717, 1.165) is 65.2 Å². The summed E-state index contributed by atoms with van der Waals surface area (Å²) in [5, 5.41) is 5.83. The van der Waals surface area contributed by atoms with Gasteiger partial charge in [-0.3, -0.25) is 0 Å². The summed E-state index contributed by atoms with van der Waals surface area (Å²) in [5.41, 5.74) is 0. The smallest absolute Gasteiger partial charge is 0.314 e. The van der Waals surface area contributed by atoms with Crippen LogP contribution in [-0.4, -0.2) is 56.9 Å². The number of urea groups is 1. The van der Waals surface area contributed by atoms with Crippen molar-refractivity contribution in [3.8, 4) is 0 Å². The van der Waals surface area contributed by atoms with Gasteiger partial charge in [-0.1, -0.05) is 13.8 Å². The average Bonchev–Trinajstić information content (AvgIpc) is 2.46. The number of carbonyl (C=O) groups is 1. The van der Waals surface area contributed by atoms with Crippen molar-refractivity contribution in [2.45, 2.75) is 33.1 Å². The molecule has 1 aliphatic rings. The zero-order valence-corrected chi connectivity index (χ0v) is 12.4. The van der Waals surface area contributed by atoms with E-state index in [1.54, 1.807) is 0 Å². The molecule has 0 spiro atoms. The van der Waals surface area contributed by atoms with Gasteiger partial charge in [-0.25, -0.2) is 4.79 Å². The van der Waals surface area contributed by atoms with Gasteiger partial charge < -0.3 is 20.3 Å². The molecule has 19 heavy (non-hydrogen) atoms. The molecule has 5 heteroatoms. The summed E-state index contributed by atoms with van der Waals surface area (Å²) >= 11 is 0. The summed E-state index contributed by atoms with van der Waals surface area (Å²) in [5.74, 6) is 0.482. The standard InChI is InChI=1S/C14H29N3O2/c1-3-17(4-2)9-6-8-15-14(18)16-11-13-7-5-10-19-12-13/h13H,3-12H2,1-2H3,(H2,15,16,18). The van der Waals surface area contributed by atoms with Crippen molar-refractivity contribution in [3.05, 3.63) is 0 Å². The van der Waals surface area contributed by atoms with Gasteiger partial charge in [0.05, 0.1) is 6.61 Å². The van der Waals surface area contributed by atoms with Crippen molar-refractivity contribution in [2.75, 3.05) is 45.9 Å². The highest BCUT2D eigenvalue weighted by Crippen LogP contribution is 2.11. The zero-order valence-electron chi connectivity index (χ0n) is 12.4. The Morgan fingerprint density at radius 1 is 1.32 bits per heavy atom. The average molecular weight is 271 g/mol. The Labute approximate surface area is 117 Å². The molecule has 2 amide bonds. The Morgan fingerprint density at radius 3 is 2.74 bits per heavy atom. The first kappa shape index (κ1) is 16.2. The van der Waals surface area contributed by atoms with Gasteiger partial charge in [-0.2, -0.15) is 0 Å². The molecule has 1 heterocycles. The predicted octanol–water partition coefficient (Wildman–Crippen LogP) is 1.44. The maximum Gasteiger partial charge on any atom is 0.314 e. The van der Waals surface area contributed by atoms with Crippen LogP contribution in [-0.2, 0) is 4.74 Å². The van der Waals surface area contributed by atoms with Gasteiger partial charge >= 0.3 is 6.03 Å². The molecular weight excluding hydrogens is 242 g/mol. The van der Waals surface area contributed by atoms with E-state index in [9.17, 15) is 4.79 Å². The Bertz CT molecular complexity index is 239. The fourth-order valence-electron chi connectivity index (χ4n) is 2.31. The van der Waals surface area contributed by atoms with E-state index in [1.165, 1.54) is 0 Å². The van der Waals surface area contributed by atoms with Crippen molar-refractivity contribution in [2.24, 2.45) is 5.92 Å². The minimum atomic E-state index is -0.0508. The summed E-state index contributed by atoms with van der Waals surface area (Å²) in [6, 6.07) is -0.0508. The lowest BCUT2D eigenvalue weighted by atomic mass is 10.0. The van der Waals surface area contributed by atoms with E-state index in [2.05, 4.69) is 29.4 Å². The highest BCUT2D eigenvalue weighted by atomic mass is 16.5. The monoisotopic (exact) mass is 271 g/mol. The first-order valence-corrected chi connectivity index (χ1v) is 7.58. The van der Waals surface area contributed by atoms with Crippen LogP contribution in [0.15, 0.2) is 0 Å². The Hall–Kier alpha value is -0.810. The molecule has 0 saturated carbocycles. The molecular formula is C14H29N3O2. The third kappa shape index (κ3) is 7.38. The van der Waals surface area contributed by atoms with Crippen LogP contribution in [0.5, 0.6) is 0 Å². The highest BCUT2D eigenvalue weighted by molar-refractivity contribution is 5.73. The lowest BCUT2D eigenvalue weighted by Gasteiger charge is -2.22. The van der Waals surface area contributed by atoms with Crippen LogP contribution in [0.25, 0.3) is 0 Å². The molecule has 0 aromatic heterocycles. The summed E-state index contributed by atoms with van der Waals surface area (Å²) in [6.07, 6.45) is 3.27. The van der Waals surface area contributed by atoms with Crippen LogP contribution in [0.3, 0.4) is 0 Å². The van der Waals surface area contributed by atoms with Gasteiger partial charge in [0.15, 0.2) is 0 Å². The quantitative estimate of drug-likeness (QED) is 0.657. The minimum absolute atomic E-state index is 0.0508. The molecule has 1 atom stereocenters. The van der Waals surface area contributed by atoms with E-state index >= 15 is 0 Å². The third-order valence-corrected chi connectivity index (χ3v) is 3.64.